The first-order valence-electron chi connectivity index (χ1n) is 6.06. The van der Waals surface area contributed by atoms with E-state index < -0.39 is 17.6 Å². The number of rotatable bonds is 4. The summed E-state index contributed by atoms with van der Waals surface area (Å²) in [5.41, 5.74) is 5.74. The molecule has 2 aromatic rings. The van der Waals surface area contributed by atoms with Crippen LogP contribution in [0.2, 0.25) is 0 Å². The summed E-state index contributed by atoms with van der Waals surface area (Å²) in [6.45, 7) is 1.79. The number of anilines is 1. The molecule has 0 saturated heterocycles. The summed E-state index contributed by atoms with van der Waals surface area (Å²) in [7, 11) is 0. The summed E-state index contributed by atoms with van der Waals surface area (Å²) in [5, 5.41) is 0. The van der Waals surface area contributed by atoms with Crippen molar-refractivity contribution in [3.63, 3.8) is 0 Å². The van der Waals surface area contributed by atoms with Crippen molar-refractivity contribution in [2.24, 2.45) is 0 Å². The molecular weight excluding hydrogens is 282 g/mol. The Labute approximate surface area is 119 Å². The number of nitrogens with two attached hydrogens (primary N) is 1. The Bertz CT molecular complexity index is 677. The number of aromatic nitrogens is 1. The lowest BCUT2D eigenvalue weighted by molar-refractivity contribution is 0.0522. The van der Waals surface area contributed by atoms with E-state index >= 15 is 0 Å². The van der Waals surface area contributed by atoms with Gasteiger partial charge in [-0.05, 0) is 25.1 Å². The zero-order valence-corrected chi connectivity index (χ0v) is 11.1. The van der Waals surface area contributed by atoms with Crippen LogP contribution < -0.4 is 10.5 Å². The number of halogens is 2. The number of carbonyl (C=O) groups is 1. The molecule has 110 valence electrons. The summed E-state index contributed by atoms with van der Waals surface area (Å²) in [4.78, 5) is 15.6. The van der Waals surface area contributed by atoms with Crippen molar-refractivity contribution in [2.75, 3.05) is 12.3 Å². The van der Waals surface area contributed by atoms with Crippen molar-refractivity contribution < 1.29 is 23.0 Å². The number of benzene rings is 1. The Hall–Kier alpha value is -2.70. The average Bonchev–Trinajstić information content (AvgIpc) is 2.43. The van der Waals surface area contributed by atoms with Gasteiger partial charge in [-0.2, -0.15) is 0 Å². The first-order valence-corrected chi connectivity index (χ1v) is 6.06. The van der Waals surface area contributed by atoms with Crippen LogP contribution in [0.4, 0.5) is 14.5 Å². The predicted molar refractivity (Wildman–Crippen MR) is 71.0 cm³/mol. The smallest absolute Gasteiger partial charge is 0.343 e. The Morgan fingerprint density at radius 2 is 2.10 bits per heavy atom. The fourth-order valence-electron chi connectivity index (χ4n) is 1.57. The Balaban J connectivity index is 2.37. The number of pyridine rings is 1. The number of ether oxygens (including phenoxy) is 2. The van der Waals surface area contributed by atoms with Crippen molar-refractivity contribution in [3.05, 3.63) is 47.7 Å². The first-order chi connectivity index (χ1) is 10.0. The molecule has 5 nitrogen and oxygen atoms in total. The number of hydrogen-bond acceptors (Lipinski definition) is 5. The highest BCUT2D eigenvalue weighted by Gasteiger charge is 2.18. The predicted octanol–water partition coefficient (Wildman–Crippen LogP) is 2.91. The molecule has 0 aliphatic carbocycles. The highest BCUT2D eigenvalue weighted by Crippen LogP contribution is 2.27. The lowest BCUT2D eigenvalue weighted by atomic mass is 10.2. The lowest BCUT2D eigenvalue weighted by Gasteiger charge is -2.10. The standard InChI is InChI=1S/C14H12F2N2O3/c1-2-20-14(19)10-6-9(17)7-18-13(10)21-12-4-3-8(15)5-11(12)16/h3-7H,2,17H2,1H3. The highest BCUT2D eigenvalue weighted by molar-refractivity contribution is 5.92. The van der Waals surface area contributed by atoms with Gasteiger partial charge in [0.1, 0.15) is 11.4 Å². The Morgan fingerprint density at radius 3 is 2.76 bits per heavy atom. The maximum absolute atomic E-state index is 13.6. The molecule has 0 aliphatic heterocycles. The topological polar surface area (TPSA) is 74.4 Å². The van der Waals surface area contributed by atoms with E-state index in [1.165, 1.54) is 12.3 Å². The second kappa shape index (κ2) is 6.17. The van der Waals surface area contributed by atoms with Crippen LogP contribution in [0, 0.1) is 11.6 Å². The van der Waals surface area contributed by atoms with Gasteiger partial charge in [0, 0.05) is 6.07 Å². The van der Waals surface area contributed by atoms with E-state index in [0.717, 1.165) is 12.1 Å². The van der Waals surface area contributed by atoms with E-state index in [2.05, 4.69) is 4.98 Å². The fraction of sp³-hybridized carbons (Fsp3) is 0.143. The molecule has 0 spiro atoms. The third-order valence-corrected chi connectivity index (χ3v) is 2.47. The van der Waals surface area contributed by atoms with Crippen LogP contribution in [0.5, 0.6) is 11.6 Å². The van der Waals surface area contributed by atoms with Gasteiger partial charge in [0.2, 0.25) is 5.88 Å². The lowest BCUT2D eigenvalue weighted by Crippen LogP contribution is -2.08. The van der Waals surface area contributed by atoms with E-state index in [4.69, 9.17) is 15.2 Å². The van der Waals surface area contributed by atoms with Crippen LogP contribution in [0.25, 0.3) is 0 Å². The van der Waals surface area contributed by atoms with Crippen molar-refractivity contribution in [3.8, 4) is 11.6 Å². The zero-order chi connectivity index (χ0) is 15.4. The molecule has 0 fully saturated rings. The molecule has 0 bridgehead atoms. The second-order valence-electron chi connectivity index (χ2n) is 4.02. The minimum absolute atomic E-state index is 0.0411. The van der Waals surface area contributed by atoms with Gasteiger partial charge in [0.15, 0.2) is 11.6 Å². The van der Waals surface area contributed by atoms with Crippen molar-refractivity contribution in [1.82, 2.24) is 4.98 Å². The van der Waals surface area contributed by atoms with Crippen LogP contribution in [0.1, 0.15) is 17.3 Å². The van der Waals surface area contributed by atoms with Gasteiger partial charge < -0.3 is 15.2 Å². The quantitative estimate of drug-likeness (QED) is 0.878. The number of hydrogen-bond donors (Lipinski definition) is 1. The molecule has 1 aromatic heterocycles. The molecule has 1 heterocycles. The fourth-order valence-corrected chi connectivity index (χ4v) is 1.57. The molecule has 0 atom stereocenters. The van der Waals surface area contributed by atoms with E-state index in [-0.39, 0.29) is 29.5 Å². The number of esters is 1. The van der Waals surface area contributed by atoms with Gasteiger partial charge in [-0.3, -0.25) is 0 Å². The molecule has 0 radical (unpaired) electrons. The molecule has 7 heteroatoms. The van der Waals surface area contributed by atoms with E-state index in [1.807, 2.05) is 0 Å². The molecular formula is C14H12F2N2O3. The minimum Gasteiger partial charge on any atom is -0.462 e. The average molecular weight is 294 g/mol. The van der Waals surface area contributed by atoms with Crippen molar-refractivity contribution in [1.29, 1.82) is 0 Å². The summed E-state index contributed by atoms with van der Waals surface area (Å²) < 4.78 is 36.5. The van der Waals surface area contributed by atoms with Gasteiger partial charge in [0.25, 0.3) is 0 Å². The van der Waals surface area contributed by atoms with Gasteiger partial charge in [0.05, 0.1) is 18.5 Å². The number of nitrogen functional groups attached to an aromatic ring is 1. The molecule has 21 heavy (non-hydrogen) atoms. The second-order valence-corrected chi connectivity index (χ2v) is 4.02. The van der Waals surface area contributed by atoms with E-state index in [0.29, 0.717) is 6.07 Å². The monoisotopic (exact) mass is 294 g/mol. The van der Waals surface area contributed by atoms with Crippen LogP contribution in [-0.2, 0) is 4.74 Å². The summed E-state index contributed by atoms with van der Waals surface area (Å²) in [6.07, 6.45) is 1.25. The largest absolute Gasteiger partial charge is 0.462 e. The van der Waals surface area contributed by atoms with Crippen molar-refractivity contribution in [2.45, 2.75) is 6.92 Å². The van der Waals surface area contributed by atoms with Crippen molar-refractivity contribution >= 4 is 11.7 Å². The molecule has 0 unspecified atom stereocenters. The van der Waals surface area contributed by atoms with Crippen LogP contribution in [-0.4, -0.2) is 17.6 Å². The maximum Gasteiger partial charge on any atom is 0.343 e. The highest BCUT2D eigenvalue weighted by atomic mass is 19.1. The van der Waals surface area contributed by atoms with Crippen LogP contribution in [0.3, 0.4) is 0 Å². The van der Waals surface area contributed by atoms with Gasteiger partial charge in [-0.1, -0.05) is 0 Å². The first kappa shape index (κ1) is 14.7. The van der Waals surface area contributed by atoms with Crippen LogP contribution in [0.15, 0.2) is 30.5 Å². The van der Waals surface area contributed by atoms with Crippen LogP contribution >= 0.6 is 0 Å². The van der Waals surface area contributed by atoms with E-state index in [1.54, 1.807) is 6.92 Å². The SMILES string of the molecule is CCOC(=O)c1cc(N)cnc1Oc1ccc(F)cc1F. The zero-order valence-electron chi connectivity index (χ0n) is 11.1. The van der Waals surface area contributed by atoms with E-state index in [9.17, 15) is 13.6 Å². The Kier molecular flexibility index (Phi) is 4.32. The van der Waals surface area contributed by atoms with Gasteiger partial charge >= 0.3 is 5.97 Å². The summed E-state index contributed by atoms with van der Waals surface area (Å²) >= 11 is 0. The minimum atomic E-state index is -0.913. The van der Waals surface area contributed by atoms with Gasteiger partial charge in [-0.25, -0.2) is 18.6 Å². The number of nitrogens with zero attached hydrogens (tertiary/aromatic N) is 1. The Morgan fingerprint density at radius 1 is 1.33 bits per heavy atom. The number of carbonyl (C=O) groups excluding carboxylic acids is 1. The molecule has 1 aromatic carbocycles. The summed E-state index contributed by atoms with van der Waals surface area (Å²) in [5.74, 6) is -2.79. The molecule has 2 rings (SSSR count). The third-order valence-electron chi connectivity index (χ3n) is 2.47. The molecule has 2 N–H and O–H groups in total. The molecule has 0 amide bonds. The maximum atomic E-state index is 13.6. The molecule has 0 saturated carbocycles. The third kappa shape index (κ3) is 3.44. The normalized spacial score (nSPS) is 10.2. The summed E-state index contributed by atoms with van der Waals surface area (Å²) in [6, 6.07) is 4.09. The molecule has 0 aliphatic rings. The van der Waals surface area contributed by atoms with Gasteiger partial charge in [-0.15, -0.1) is 0 Å².